The Bertz CT molecular complexity index is 242. The molecule has 0 bridgehead atoms. The number of allylic oxidation sites excluding steroid dienone is 1. The highest BCUT2D eigenvalue weighted by Crippen LogP contribution is 2.19. The maximum atomic E-state index is 5.72. The van der Waals surface area contributed by atoms with Gasteiger partial charge in [-0.25, -0.2) is 0 Å². The minimum absolute atomic E-state index is 0.667. The van der Waals surface area contributed by atoms with Crippen molar-refractivity contribution in [1.82, 2.24) is 0 Å². The molecule has 0 N–H and O–H groups in total. The van der Waals surface area contributed by atoms with Crippen LogP contribution >= 0.6 is 0 Å². The molecule has 0 spiro atoms. The van der Waals surface area contributed by atoms with E-state index in [2.05, 4.69) is 6.58 Å². The Labute approximate surface area is 139 Å². The second-order valence-corrected chi connectivity index (χ2v) is 8.86. The Hall–Kier alpha value is -0.163. The van der Waals surface area contributed by atoms with Crippen LogP contribution in [0.2, 0.25) is 6.04 Å². The van der Waals surface area contributed by atoms with Gasteiger partial charge >= 0.3 is 8.80 Å². The first-order valence-electron chi connectivity index (χ1n) is 9.09. The molecule has 0 aliphatic rings. The largest absolute Gasteiger partial charge is 0.500 e. The van der Waals surface area contributed by atoms with Crippen LogP contribution in [-0.4, -0.2) is 29.6 Å². The molecule has 0 amide bonds. The van der Waals surface area contributed by atoms with E-state index in [9.17, 15) is 0 Å². The predicted octanol–water partition coefficient (Wildman–Crippen LogP) is 5.73. The molecule has 22 heavy (non-hydrogen) atoms. The minimum Gasteiger partial charge on any atom is -0.377 e. The van der Waals surface area contributed by atoms with E-state index in [-0.39, 0.29) is 0 Å². The molecule has 0 aliphatic heterocycles. The first-order valence-corrected chi connectivity index (χ1v) is 11.0. The summed E-state index contributed by atoms with van der Waals surface area (Å²) < 4.78 is 16.7. The zero-order valence-corrected chi connectivity index (χ0v) is 16.2. The Morgan fingerprint density at radius 2 is 1.23 bits per heavy atom. The van der Waals surface area contributed by atoms with E-state index in [4.69, 9.17) is 13.3 Å². The summed E-state index contributed by atoms with van der Waals surface area (Å²) in [5.41, 5.74) is 0. The van der Waals surface area contributed by atoms with Crippen molar-refractivity contribution in [3.05, 3.63) is 12.7 Å². The molecule has 0 unspecified atom stereocenters. The molecule has 0 saturated carbocycles. The van der Waals surface area contributed by atoms with Gasteiger partial charge in [-0.1, -0.05) is 57.4 Å². The molecule has 0 heterocycles. The number of rotatable bonds is 17. The lowest BCUT2D eigenvalue weighted by atomic mass is 10.1. The summed E-state index contributed by atoms with van der Waals surface area (Å²) >= 11 is 0. The standard InChI is InChI=1S/C18H38O3Si/c1-5-7-8-9-10-11-12-13-14-15-16-17-18-22(19-3,20-4)21-6-2/h5H,1,6-18H2,2-4H3. The molecule has 0 saturated heterocycles. The van der Waals surface area contributed by atoms with Gasteiger partial charge in [-0.05, 0) is 26.2 Å². The van der Waals surface area contributed by atoms with Crippen molar-refractivity contribution in [2.24, 2.45) is 0 Å². The summed E-state index contributed by atoms with van der Waals surface area (Å²) in [5, 5.41) is 0. The molecule has 0 rings (SSSR count). The zero-order valence-electron chi connectivity index (χ0n) is 15.2. The smallest absolute Gasteiger partial charge is 0.377 e. The van der Waals surface area contributed by atoms with Crippen LogP contribution in [-0.2, 0) is 13.3 Å². The van der Waals surface area contributed by atoms with Crippen LogP contribution in [0.15, 0.2) is 12.7 Å². The lowest BCUT2D eigenvalue weighted by molar-refractivity contribution is 0.103. The second kappa shape index (κ2) is 15.7. The third kappa shape index (κ3) is 11.4. The van der Waals surface area contributed by atoms with Crippen LogP contribution in [0.25, 0.3) is 0 Å². The van der Waals surface area contributed by atoms with Gasteiger partial charge in [0, 0.05) is 26.9 Å². The third-order valence-electron chi connectivity index (χ3n) is 4.13. The first kappa shape index (κ1) is 21.8. The normalized spacial score (nSPS) is 11.8. The fraction of sp³-hybridized carbons (Fsp3) is 0.889. The van der Waals surface area contributed by atoms with Gasteiger partial charge in [-0.15, -0.1) is 6.58 Å². The lowest BCUT2D eigenvalue weighted by Gasteiger charge is -2.25. The van der Waals surface area contributed by atoms with Crippen molar-refractivity contribution in [3.8, 4) is 0 Å². The predicted molar refractivity (Wildman–Crippen MR) is 97.2 cm³/mol. The maximum Gasteiger partial charge on any atom is 0.500 e. The number of hydrogen-bond acceptors (Lipinski definition) is 3. The summed E-state index contributed by atoms with van der Waals surface area (Å²) in [4.78, 5) is 0. The molecule has 4 heteroatoms. The Morgan fingerprint density at radius 3 is 1.64 bits per heavy atom. The summed E-state index contributed by atoms with van der Waals surface area (Å²) in [7, 11) is 1.07. The molecule has 0 aromatic carbocycles. The second-order valence-electron chi connectivity index (χ2n) is 5.89. The van der Waals surface area contributed by atoms with Gasteiger partial charge in [0.2, 0.25) is 0 Å². The van der Waals surface area contributed by atoms with Gasteiger partial charge in [0.15, 0.2) is 0 Å². The van der Waals surface area contributed by atoms with Crippen LogP contribution in [0.4, 0.5) is 0 Å². The minimum atomic E-state index is -2.35. The summed E-state index contributed by atoms with van der Waals surface area (Å²) in [6.07, 6.45) is 16.5. The first-order chi connectivity index (χ1) is 10.7. The van der Waals surface area contributed by atoms with Crippen LogP contribution in [0.5, 0.6) is 0 Å². The molecule has 0 fully saturated rings. The fourth-order valence-electron chi connectivity index (χ4n) is 2.74. The molecular weight excluding hydrogens is 292 g/mol. The van der Waals surface area contributed by atoms with Crippen LogP contribution < -0.4 is 0 Å². The molecule has 0 radical (unpaired) electrons. The number of unbranched alkanes of at least 4 members (excludes halogenated alkanes) is 10. The Morgan fingerprint density at radius 1 is 0.773 bits per heavy atom. The van der Waals surface area contributed by atoms with E-state index >= 15 is 0 Å². The molecule has 0 aromatic heterocycles. The van der Waals surface area contributed by atoms with E-state index in [1.807, 2.05) is 13.0 Å². The van der Waals surface area contributed by atoms with Crippen LogP contribution in [0, 0.1) is 0 Å². The SMILES string of the molecule is C=CCCCCCCCCCCCC[Si](OC)(OC)OCC. The van der Waals surface area contributed by atoms with E-state index < -0.39 is 8.80 Å². The molecule has 3 nitrogen and oxygen atoms in total. The van der Waals surface area contributed by atoms with Gasteiger partial charge in [-0.3, -0.25) is 0 Å². The monoisotopic (exact) mass is 330 g/mol. The van der Waals surface area contributed by atoms with Crippen molar-refractivity contribution in [1.29, 1.82) is 0 Å². The summed E-state index contributed by atoms with van der Waals surface area (Å²) in [6.45, 7) is 6.42. The fourth-order valence-corrected chi connectivity index (χ4v) is 4.82. The molecule has 0 aromatic rings. The Kier molecular flexibility index (Phi) is 15.6. The van der Waals surface area contributed by atoms with Crippen molar-refractivity contribution in [2.75, 3.05) is 20.8 Å². The van der Waals surface area contributed by atoms with Crippen LogP contribution in [0.3, 0.4) is 0 Å². The zero-order chi connectivity index (χ0) is 16.5. The van der Waals surface area contributed by atoms with Crippen molar-refractivity contribution < 1.29 is 13.3 Å². The summed E-state index contributed by atoms with van der Waals surface area (Å²) in [5.74, 6) is 0. The van der Waals surface area contributed by atoms with E-state index in [1.54, 1.807) is 14.2 Å². The average molecular weight is 331 g/mol. The molecule has 132 valence electrons. The topological polar surface area (TPSA) is 27.7 Å². The molecule has 0 aliphatic carbocycles. The molecule has 0 atom stereocenters. The Balaban J connectivity index is 3.40. The average Bonchev–Trinajstić information content (AvgIpc) is 2.55. The van der Waals surface area contributed by atoms with Gasteiger partial charge in [0.05, 0.1) is 0 Å². The third-order valence-corrected chi connectivity index (χ3v) is 7.07. The highest BCUT2D eigenvalue weighted by Gasteiger charge is 2.37. The highest BCUT2D eigenvalue weighted by atomic mass is 28.4. The number of hydrogen-bond donors (Lipinski definition) is 0. The molecular formula is C18H38O3Si. The van der Waals surface area contributed by atoms with E-state index in [0.717, 1.165) is 12.5 Å². The van der Waals surface area contributed by atoms with Gasteiger partial charge in [0.25, 0.3) is 0 Å². The maximum absolute atomic E-state index is 5.72. The quantitative estimate of drug-likeness (QED) is 0.193. The highest BCUT2D eigenvalue weighted by molar-refractivity contribution is 6.60. The van der Waals surface area contributed by atoms with Crippen LogP contribution in [0.1, 0.15) is 77.6 Å². The van der Waals surface area contributed by atoms with Crippen molar-refractivity contribution >= 4 is 8.80 Å². The van der Waals surface area contributed by atoms with Gasteiger partial charge in [-0.2, -0.15) is 0 Å². The lowest BCUT2D eigenvalue weighted by Crippen LogP contribution is -2.43. The van der Waals surface area contributed by atoms with Gasteiger partial charge < -0.3 is 13.3 Å². The van der Waals surface area contributed by atoms with E-state index in [0.29, 0.717) is 6.61 Å². The van der Waals surface area contributed by atoms with Crippen molar-refractivity contribution in [2.45, 2.75) is 83.6 Å². The van der Waals surface area contributed by atoms with E-state index in [1.165, 1.54) is 64.2 Å². The summed E-state index contributed by atoms with van der Waals surface area (Å²) in [6, 6.07) is 0.942. The van der Waals surface area contributed by atoms with Crippen molar-refractivity contribution in [3.63, 3.8) is 0 Å². The van der Waals surface area contributed by atoms with Gasteiger partial charge in [0.1, 0.15) is 0 Å².